The van der Waals surface area contributed by atoms with Gasteiger partial charge in [0.2, 0.25) is 0 Å². The lowest BCUT2D eigenvalue weighted by Crippen LogP contribution is -2.54. The Labute approximate surface area is 134 Å². The van der Waals surface area contributed by atoms with Crippen molar-refractivity contribution in [3.05, 3.63) is 0 Å². The molecule has 0 amide bonds. The van der Waals surface area contributed by atoms with Crippen molar-refractivity contribution >= 4 is 27.5 Å². The summed E-state index contributed by atoms with van der Waals surface area (Å²) in [6, 6.07) is 0. The summed E-state index contributed by atoms with van der Waals surface area (Å²) in [5.41, 5.74) is -0.842. The molecule has 2 saturated carbocycles. The first-order valence-corrected chi connectivity index (χ1v) is 8.84. The Bertz CT molecular complexity index is 405. The average molecular weight is 368 g/mol. The van der Waals surface area contributed by atoms with E-state index >= 15 is 0 Å². The number of alkyl halides is 2. The summed E-state index contributed by atoms with van der Waals surface area (Å²) in [5, 5.41) is 19.7. The van der Waals surface area contributed by atoms with Gasteiger partial charge < -0.3 is 14.9 Å². The molecule has 0 radical (unpaired) electrons. The van der Waals surface area contributed by atoms with Gasteiger partial charge in [-0.15, -0.1) is 11.6 Å². The van der Waals surface area contributed by atoms with E-state index < -0.39 is 5.60 Å². The average Bonchev–Trinajstić information content (AvgIpc) is 3.19. The molecule has 0 bridgehead atoms. The Morgan fingerprint density at radius 2 is 1.95 bits per heavy atom. The smallest absolute Gasteiger partial charge is 0.117 e. The molecular weight excluding hydrogens is 344 g/mol. The maximum Gasteiger partial charge on any atom is 0.117 e. The van der Waals surface area contributed by atoms with Crippen molar-refractivity contribution in [2.45, 2.75) is 73.5 Å². The molecular formula is C15H24BrClO3. The summed E-state index contributed by atoms with van der Waals surface area (Å²) in [6.07, 6.45) is 4.20. The van der Waals surface area contributed by atoms with Crippen LogP contribution in [0.25, 0.3) is 0 Å². The van der Waals surface area contributed by atoms with Crippen molar-refractivity contribution in [1.82, 2.24) is 0 Å². The zero-order chi connectivity index (χ0) is 14.8. The van der Waals surface area contributed by atoms with E-state index in [1.165, 1.54) is 0 Å². The van der Waals surface area contributed by atoms with E-state index in [0.29, 0.717) is 17.2 Å². The molecule has 0 aromatic carbocycles. The van der Waals surface area contributed by atoms with E-state index in [0.717, 1.165) is 25.7 Å². The molecule has 116 valence electrons. The highest BCUT2D eigenvalue weighted by Crippen LogP contribution is 2.59. The fraction of sp³-hybridized carbons (Fsp3) is 1.00. The zero-order valence-electron chi connectivity index (χ0n) is 12.1. The molecule has 3 nitrogen and oxygen atoms in total. The molecule has 6 atom stereocenters. The first kappa shape index (κ1) is 15.5. The summed E-state index contributed by atoms with van der Waals surface area (Å²) < 4.78 is 5.69. The van der Waals surface area contributed by atoms with Crippen LogP contribution in [-0.2, 0) is 4.74 Å². The normalized spacial score (nSPS) is 54.3. The molecule has 5 heteroatoms. The molecule has 3 rings (SSSR count). The van der Waals surface area contributed by atoms with Crippen LogP contribution in [0.1, 0.15) is 46.0 Å². The van der Waals surface area contributed by atoms with E-state index in [1.807, 2.05) is 0 Å². The fourth-order valence-electron chi connectivity index (χ4n) is 4.20. The van der Waals surface area contributed by atoms with Crippen molar-refractivity contribution in [2.24, 2.45) is 11.3 Å². The van der Waals surface area contributed by atoms with Gasteiger partial charge in [-0.25, -0.2) is 0 Å². The van der Waals surface area contributed by atoms with Crippen molar-refractivity contribution in [3.63, 3.8) is 0 Å². The Morgan fingerprint density at radius 3 is 2.55 bits per heavy atom. The van der Waals surface area contributed by atoms with Crippen molar-refractivity contribution in [2.75, 3.05) is 6.61 Å². The molecule has 20 heavy (non-hydrogen) atoms. The van der Waals surface area contributed by atoms with Crippen molar-refractivity contribution in [3.8, 4) is 0 Å². The first-order chi connectivity index (χ1) is 9.23. The van der Waals surface area contributed by atoms with Crippen LogP contribution in [0.2, 0.25) is 0 Å². The highest BCUT2D eigenvalue weighted by Gasteiger charge is 2.68. The first-order valence-electron chi connectivity index (χ1n) is 7.55. The zero-order valence-corrected chi connectivity index (χ0v) is 14.5. The molecule has 0 aromatic rings. The number of ether oxygens (including phenoxy) is 1. The highest BCUT2D eigenvalue weighted by atomic mass is 79.9. The number of halogens is 2. The molecule has 0 spiro atoms. The molecule has 3 aliphatic rings. The monoisotopic (exact) mass is 366 g/mol. The largest absolute Gasteiger partial charge is 0.393 e. The summed E-state index contributed by atoms with van der Waals surface area (Å²) in [4.78, 5) is 0.177. The third kappa shape index (κ3) is 2.26. The van der Waals surface area contributed by atoms with Gasteiger partial charge in [0.15, 0.2) is 0 Å². The summed E-state index contributed by atoms with van der Waals surface area (Å²) >= 11 is 10.8. The second kappa shape index (κ2) is 4.82. The van der Waals surface area contributed by atoms with Gasteiger partial charge in [0.1, 0.15) is 17.8 Å². The Kier molecular flexibility index (Phi) is 3.75. The fourth-order valence-corrected chi connectivity index (χ4v) is 5.09. The van der Waals surface area contributed by atoms with Gasteiger partial charge >= 0.3 is 0 Å². The number of aliphatic hydroxyl groups is 2. The molecule has 1 heterocycles. The standard InChI is InChI=1S/C15H24BrClO3/c1-13(2)7-9(3-4-10(13)16)15(17)6-5-14(19,8-18)11-12(15)20-11/h9-12,18-19H,3-8H2,1-2H3. The molecule has 1 saturated heterocycles. The molecule has 6 unspecified atom stereocenters. The molecule has 2 aliphatic carbocycles. The Balaban J connectivity index is 1.76. The van der Waals surface area contributed by atoms with Gasteiger partial charge in [0.25, 0.3) is 0 Å². The lowest BCUT2D eigenvalue weighted by molar-refractivity contribution is -0.0514. The highest BCUT2D eigenvalue weighted by molar-refractivity contribution is 9.09. The SMILES string of the molecule is CC1(C)CC(C2(Cl)CCC(O)(CO)C3OC32)CCC1Br. The minimum atomic E-state index is -1.08. The van der Waals surface area contributed by atoms with E-state index in [1.54, 1.807) is 0 Å². The predicted molar refractivity (Wildman–Crippen MR) is 82.4 cm³/mol. The Morgan fingerprint density at radius 1 is 1.25 bits per heavy atom. The van der Waals surface area contributed by atoms with E-state index in [2.05, 4.69) is 29.8 Å². The third-order valence-electron chi connectivity index (χ3n) is 5.78. The van der Waals surface area contributed by atoms with Crippen LogP contribution in [0.4, 0.5) is 0 Å². The van der Waals surface area contributed by atoms with Gasteiger partial charge in [0.05, 0.1) is 11.5 Å². The minimum absolute atomic E-state index is 0.0947. The third-order valence-corrected chi connectivity index (χ3v) is 8.19. The number of hydrogen-bond donors (Lipinski definition) is 2. The van der Waals surface area contributed by atoms with Crippen LogP contribution in [-0.4, -0.2) is 44.3 Å². The summed E-state index contributed by atoms with van der Waals surface area (Å²) in [7, 11) is 0. The van der Waals surface area contributed by atoms with E-state index in [4.69, 9.17) is 16.3 Å². The van der Waals surface area contributed by atoms with Gasteiger partial charge in [0, 0.05) is 4.83 Å². The summed E-state index contributed by atoms with van der Waals surface area (Å²) in [5.74, 6) is 0.422. The topological polar surface area (TPSA) is 53.0 Å². The number of rotatable bonds is 2. The van der Waals surface area contributed by atoms with Gasteiger partial charge in [-0.1, -0.05) is 29.8 Å². The second-order valence-corrected chi connectivity index (χ2v) is 9.41. The van der Waals surface area contributed by atoms with Crippen LogP contribution in [0.5, 0.6) is 0 Å². The lowest BCUT2D eigenvalue weighted by atomic mass is 9.63. The predicted octanol–water partition coefficient (Wildman–Crippen LogP) is 2.84. The number of hydrogen-bond acceptors (Lipinski definition) is 3. The van der Waals surface area contributed by atoms with Gasteiger partial charge in [-0.3, -0.25) is 0 Å². The number of epoxide rings is 1. The Hall–Kier alpha value is 0.650. The van der Waals surface area contributed by atoms with Gasteiger partial charge in [-0.05, 0) is 43.4 Å². The number of fused-ring (bicyclic) bond motifs is 1. The molecule has 1 aliphatic heterocycles. The van der Waals surface area contributed by atoms with Crippen molar-refractivity contribution < 1.29 is 14.9 Å². The second-order valence-electron chi connectivity index (χ2n) is 7.60. The van der Waals surface area contributed by atoms with E-state index in [-0.39, 0.29) is 29.1 Å². The minimum Gasteiger partial charge on any atom is -0.393 e. The maximum atomic E-state index is 10.3. The number of aliphatic hydroxyl groups excluding tert-OH is 1. The van der Waals surface area contributed by atoms with E-state index in [9.17, 15) is 10.2 Å². The summed E-state index contributed by atoms with van der Waals surface area (Å²) in [6.45, 7) is 4.34. The quantitative estimate of drug-likeness (QED) is 0.583. The lowest BCUT2D eigenvalue weighted by Gasteiger charge is -2.48. The van der Waals surface area contributed by atoms with Crippen LogP contribution >= 0.6 is 27.5 Å². The molecule has 0 aromatic heterocycles. The van der Waals surface area contributed by atoms with Crippen LogP contribution in [0.3, 0.4) is 0 Å². The maximum absolute atomic E-state index is 10.3. The van der Waals surface area contributed by atoms with Gasteiger partial charge in [-0.2, -0.15) is 0 Å². The van der Waals surface area contributed by atoms with Crippen molar-refractivity contribution in [1.29, 1.82) is 0 Å². The van der Waals surface area contributed by atoms with Crippen LogP contribution in [0.15, 0.2) is 0 Å². The molecule has 2 N–H and O–H groups in total. The van der Waals surface area contributed by atoms with Crippen LogP contribution in [0, 0.1) is 11.3 Å². The van der Waals surface area contributed by atoms with Crippen LogP contribution < -0.4 is 0 Å². The molecule has 3 fully saturated rings.